The Balaban J connectivity index is 2.68. The van der Waals surface area contributed by atoms with Crippen molar-refractivity contribution in [2.45, 2.75) is 26.8 Å². The monoisotopic (exact) mass is 264 g/mol. The number of benzene rings is 1. The molecule has 0 spiro atoms. The summed E-state index contributed by atoms with van der Waals surface area (Å²) in [6, 6.07) is 5.18. The molecule has 0 radical (unpaired) electrons. The summed E-state index contributed by atoms with van der Waals surface area (Å²) in [7, 11) is 1.61. The first-order valence-electron chi connectivity index (χ1n) is 6.11. The Morgan fingerprint density at radius 2 is 1.95 bits per heavy atom. The van der Waals surface area contributed by atoms with Crippen molar-refractivity contribution in [1.29, 1.82) is 0 Å². The van der Waals surface area contributed by atoms with Crippen LogP contribution in [0.15, 0.2) is 18.2 Å². The first-order chi connectivity index (χ1) is 8.81. The van der Waals surface area contributed by atoms with Crippen LogP contribution >= 0.6 is 0 Å². The zero-order valence-electron chi connectivity index (χ0n) is 11.7. The molecule has 0 aliphatic heterocycles. The number of likely N-dealkylation sites (N-methyl/N-ethyl adjacent to an activating group) is 1. The molecule has 0 fully saturated rings. The number of nitrogens with one attached hydrogen (secondary N) is 1. The van der Waals surface area contributed by atoms with Gasteiger partial charge in [-0.1, -0.05) is 6.07 Å². The van der Waals surface area contributed by atoms with Gasteiger partial charge in [-0.3, -0.25) is 14.5 Å². The lowest BCUT2D eigenvalue weighted by atomic mass is 10.1. The molecule has 1 rings (SSSR count). The topological polar surface area (TPSA) is 69.6 Å². The van der Waals surface area contributed by atoms with Gasteiger partial charge in [-0.25, -0.2) is 0 Å². The van der Waals surface area contributed by atoms with E-state index in [-0.39, 0.29) is 12.5 Å². The number of carbonyl (C=O) groups is 2. The molecule has 0 saturated heterocycles. The van der Waals surface area contributed by atoms with Gasteiger partial charge in [-0.05, 0) is 51.1 Å². The Morgan fingerprint density at radius 1 is 1.32 bits per heavy atom. The molecule has 0 aliphatic carbocycles. The molecule has 0 bridgehead atoms. The molecule has 1 atom stereocenters. The molecule has 1 amide bonds. The molecule has 19 heavy (non-hydrogen) atoms. The van der Waals surface area contributed by atoms with Crippen molar-refractivity contribution >= 4 is 17.6 Å². The van der Waals surface area contributed by atoms with E-state index in [9.17, 15) is 9.59 Å². The highest BCUT2D eigenvalue weighted by Gasteiger charge is 2.19. The van der Waals surface area contributed by atoms with Crippen LogP contribution in [0.1, 0.15) is 18.1 Å². The minimum absolute atomic E-state index is 0.165. The smallest absolute Gasteiger partial charge is 0.317 e. The highest BCUT2D eigenvalue weighted by molar-refractivity contribution is 5.94. The molecule has 5 nitrogen and oxygen atoms in total. The van der Waals surface area contributed by atoms with E-state index in [0.717, 1.165) is 16.8 Å². The molecule has 104 valence electrons. The maximum atomic E-state index is 12.0. The Kier molecular flexibility index (Phi) is 5.06. The van der Waals surface area contributed by atoms with Gasteiger partial charge in [0, 0.05) is 5.69 Å². The number of hydrogen-bond donors (Lipinski definition) is 2. The van der Waals surface area contributed by atoms with Gasteiger partial charge in [0.2, 0.25) is 5.91 Å². The second-order valence-corrected chi connectivity index (χ2v) is 4.77. The average molecular weight is 264 g/mol. The highest BCUT2D eigenvalue weighted by atomic mass is 16.4. The number of carbonyl (C=O) groups excluding carboxylic acids is 1. The van der Waals surface area contributed by atoms with Crippen molar-refractivity contribution < 1.29 is 14.7 Å². The van der Waals surface area contributed by atoms with E-state index in [0.29, 0.717) is 0 Å². The quantitative estimate of drug-likeness (QED) is 0.848. The van der Waals surface area contributed by atoms with Crippen molar-refractivity contribution in [2.24, 2.45) is 0 Å². The summed E-state index contributed by atoms with van der Waals surface area (Å²) in [5.74, 6) is -1.17. The van der Waals surface area contributed by atoms with Crippen LogP contribution in [0.4, 0.5) is 5.69 Å². The van der Waals surface area contributed by atoms with Crippen molar-refractivity contribution in [1.82, 2.24) is 4.90 Å². The van der Waals surface area contributed by atoms with Crippen LogP contribution < -0.4 is 5.32 Å². The summed E-state index contributed by atoms with van der Waals surface area (Å²) in [6.07, 6.45) is 0. The second-order valence-electron chi connectivity index (χ2n) is 4.77. The number of hydrogen-bond acceptors (Lipinski definition) is 3. The third kappa shape index (κ3) is 4.37. The number of carboxylic acid groups (broad SMARTS) is 1. The number of amides is 1. The Morgan fingerprint density at radius 3 is 2.47 bits per heavy atom. The largest absolute Gasteiger partial charge is 0.480 e. The number of rotatable bonds is 5. The van der Waals surface area contributed by atoms with E-state index in [1.807, 2.05) is 32.0 Å². The van der Waals surface area contributed by atoms with Gasteiger partial charge in [0.1, 0.15) is 0 Å². The molecule has 0 saturated carbocycles. The minimum atomic E-state index is -0.951. The molecule has 1 aromatic rings. The zero-order valence-corrected chi connectivity index (χ0v) is 11.7. The summed E-state index contributed by atoms with van der Waals surface area (Å²) in [6.45, 7) is 5.50. The van der Waals surface area contributed by atoms with Gasteiger partial charge < -0.3 is 10.4 Å². The van der Waals surface area contributed by atoms with Crippen LogP contribution in [0.5, 0.6) is 0 Å². The lowest BCUT2D eigenvalue weighted by Gasteiger charge is -2.22. The molecule has 5 heteroatoms. The number of carboxylic acids is 1. The summed E-state index contributed by atoms with van der Waals surface area (Å²) < 4.78 is 0. The predicted octanol–water partition coefficient (Wildman–Crippen LogP) is 1.65. The zero-order chi connectivity index (χ0) is 14.6. The lowest BCUT2D eigenvalue weighted by molar-refractivity contribution is -0.138. The first-order valence-corrected chi connectivity index (χ1v) is 6.11. The molecular formula is C14H20N2O3. The van der Waals surface area contributed by atoms with E-state index in [1.165, 1.54) is 4.90 Å². The van der Waals surface area contributed by atoms with Gasteiger partial charge in [0.05, 0.1) is 12.6 Å². The van der Waals surface area contributed by atoms with Gasteiger partial charge >= 0.3 is 5.97 Å². The fourth-order valence-corrected chi connectivity index (χ4v) is 1.62. The van der Waals surface area contributed by atoms with E-state index < -0.39 is 12.0 Å². The maximum absolute atomic E-state index is 12.0. The van der Waals surface area contributed by atoms with Gasteiger partial charge in [-0.2, -0.15) is 0 Å². The Bertz CT molecular complexity index is 486. The van der Waals surface area contributed by atoms with Crippen molar-refractivity contribution in [3.05, 3.63) is 29.3 Å². The predicted molar refractivity (Wildman–Crippen MR) is 74.3 cm³/mol. The van der Waals surface area contributed by atoms with E-state index in [2.05, 4.69) is 5.32 Å². The summed E-state index contributed by atoms with van der Waals surface area (Å²) in [4.78, 5) is 24.1. The first kappa shape index (κ1) is 15.2. The van der Waals surface area contributed by atoms with E-state index in [1.54, 1.807) is 14.0 Å². The minimum Gasteiger partial charge on any atom is -0.480 e. The molecule has 1 aromatic carbocycles. The number of aryl methyl sites for hydroxylation is 2. The Labute approximate surface area is 113 Å². The lowest BCUT2D eigenvalue weighted by Crippen LogP contribution is -2.42. The van der Waals surface area contributed by atoms with Crippen LogP contribution in [0.2, 0.25) is 0 Å². The van der Waals surface area contributed by atoms with Crippen LogP contribution in [0, 0.1) is 13.8 Å². The molecule has 0 aromatic heterocycles. The third-order valence-electron chi connectivity index (χ3n) is 3.20. The van der Waals surface area contributed by atoms with Crippen molar-refractivity contribution in [3.8, 4) is 0 Å². The average Bonchev–Trinajstić information content (AvgIpc) is 2.32. The van der Waals surface area contributed by atoms with Crippen LogP contribution in [0.25, 0.3) is 0 Å². The van der Waals surface area contributed by atoms with Gasteiger partial charge in [0.15, 0.2) is 0 Å². The number of anilines is 1. The van der Waals surface area contributed by atoms with Crippen LogP contribution in [0.3, 0.4) is 0 Å². The van der Waals surface area contributed by atoms with Crippen LogP contribution in [-0.4, -0.2) is 41.5 Å². The van der Waals surface area contributed by atoms with Crippen molar-refractivity contribution in [3.63, 3.8) is 0 Å². The van der Waals surface area contributed by atoms with Gasteiger partial charge in [0.25, 0.3) is 0 Å². The summed E-state index contributed by atoms with van der Waals surface area (Å²) >= 11 is 0. The standard InChI is InChI=1S/C14H20N2O3/c1-9-5-6-12(7-10(9)2)15-14(19)11(3)16(4)8-13(17)18/h5-7,11H,8H2,1-4H3,(H,15,19)(H,17,18). The normalized spacial score (nSPS) is 12.3. The van der Waals surface area contributed by atoms with E-state index >= 15 is 0 Å². The fraction of sp³-hybridized carbons (Fsp3) is 0.429. The molecular weight excluding hydrogens is 244 g/mol. The second kappa shape index (κ2) is 6.33. The molecule has 2 N–H and O–H groups in total. The summed E-state index contributed by atoms with van der Waals surface area (Å²) in [5, 5.41) is 11.5. The SMILES string of the molecule is Cc1ccc(NC(=O)C(C)N(C)CC(=O)O)cc1C. The maximum Gasteiger partial charge on any atom is 0.317 e. The molecule has 0 aliphatic rings. The van der Waals surface area contributed by atoms with Crippen molar-refractivity contribution in [2.75, 3.05) is 18.9 Å². The number of aliphatic carboxylic acids is 1. The molecule has 1 unspecified atom stereocenters. The fourth-order valence-electron chi connectivity index (χ4n) is 1.62. The summed E-state index contributed by atoms with van der Waals surface area (Å²) in [5.41, 5.74) is 2.99. The van der Waals surface area contributed by atoms with Crippen LogP contribution in [-0.2, 0) is 9.59 Å². The van der Waals surface area contributed by atoms with Gasteiger partial charge in [-0.15, -0.1) is 0 Å². The number of nitrogens with zero attached hydrogens (tertiary/aromatic N) is 1. The Hall–Kier alpha value is -1.88. The third-order valence-corrected chi connectivity index (χ3v) is 3.20. The van der Waals surface area contributed by atoms with E-state index in [4.69, 9.17) is 5.11 Å². The molecule has 0 heterocycles. The highest BCUT2D eigenvalue weighted by Crippen LogP contribution is 2.14.